The first-order valence-electron chi connectivity index (χ1n) is 6.51. The molecule has 6 heteroatoms. The molecule has 18 heavy (non-hydrogen) atoms. The number of hydrogen-bond donors (Lipinski definition) is 0. The summed E-state index contributed by atoms with van der Waals surface area (Å²) in [6.45, 7) is 6.65. The van der Waals surface area contributed by atoms with E-state index < -0.39 is 10.0 Å². The van der Waals surface area contributed by atoms with Crippen LogP contribution in [0.25, 0.3) is 0 Å². The van der Waals surface area contributed by atoms with E-state index in [4.69, 9.17) is 4.74 Å². The molecule has 1 atom stereocenters. The van der Waals surface area contributed by atoms with Gasteiger partial charge in [-0.05, 0) is 25.7 Å². The molecule has 1 heterocycles. The summed E-state index contributed by atoms with van der Waals surface area (Å²) in [6.07, 6.45) is 1.44. The van der Waals surface area contributed by atoms with Crippen molar-refractivity contribution in [1.82, 2.24) is 4.31 Å². The van der Waals surface area contributed by atoms with Gasteiger partial charge in [-0.15, -0.1) is 0 Å². The highest BCUT2D eigenvalue weighted by Crippen LogP contribution is 2.21. The highest BCUT2D eigenvalue weighted by Gasteiger charge is 2.33. The van der Waals surface area contributed by atoms with Crippen molar-refractivity contribution in [1.29, 1.82) is 0 Å². The van der Waals surface area contributed by atoms with E-state index in [2.05, 4.69) is 0 Å². The summed E-state index contributed by atoms with van der Waals surface area (Å²) in [7, 11) is -3.24. The molecule has 1 fully saturated rings. The molecule has 5 nitrogen and oxygen atoms in total. The van der Waals surface area contributed by atoms with Crippen molar-refractivity contribution in [2.24, 2.45) is 11.8 Å². The van der Waals surface area contributed by atoms with Gasteiger partial charge >= 0.3 is 5.97 Å². The van der Waals surface area contributed by atoms with Crippen LogP contribution >= 0.6 is 0 Å². The van der Waals surface area contributed by atoms with Gasteiger partial charge in [0.05, 0.1) is 18.3 Å². The Hall–Kier alpha value is -0.620. The lowest BCUT2D eigenvalue weighted by molar-refractivity contribution is -0.149. The van der Waals surface area contributed by atoms with Gasteiger partial charge < -0.3 is 4.74 Å². The minimum absolute atomic E-state index is 0.0953. The zero-order valence-electron chi connectivity index (χ0n) is 11.4. The van der Waals surface area contributed by atoms with Crippen LogP contribution in [-0.4, -0.2) is 44.1 Å². The molecule has 0 amide bonds. The van der Waals surface area contributed by atoms with E-state index in [1.807, 2.05) is 13.8 Å². The maximum Gasteiger partial charge on any atom is 0.310 e. The summed E-state index contributed by atoms with van der Waals surface area (Å²) in [5, 5.41) is 0. The van der Waals surface area contributed by atoms with Crippen LogP contribution in [0.15, 0.2) is 0 Å². The number of ether oxygens (including phenoxy) is 1. The quantitative estimate of drug-likeness (QED) is 0.709. The van der Waals surface area contributed by atoms with Gasteiger partial charge in [-0.25, -0.2) is 12.7 Å². The molecule has 1 aliphatic heterocycles. The number of piperidine rings is 1. The topological polar surface area (TPSA) is 63.7 Å². The number of esters is 1. The lowest BCUT2D eigenvalue weighted by Gasteiger charge is -2.31. The van der Waals surface area contributed by atoms with Crippen molar-refractivity contribution in [3.05, 3.63) is 0 Å². The number of hydrogen-bond acceptors (Lipinski definition) is 4. The van der Waals surface area contributed by atoms with Gasteiger partial charge in [-0.3, -0.25) is 4.79 Å². The molecular weight excluding hydrogens is 254 g/mol. The summed E-state index contributed by atoms with van der Waals surface area (Å²) in [4.78, 5) is 11.6. The molecule has 0 aromatic heterocycles. The maximum atomic E-state index is 12.1. The van der Waals surface area contributed by atoms with Crippen LogP contribution in [0.3, 0.4) is 0 Å². The van der Waals surface area contributed by atoms with E-state index in [0.717, 1.165) is 6.42 Å². The zero-order chi connectivity index (χ0) is 13.8. The van der Waals surface area contributed by atoms with Crippen molar-refractivity contribution in [3.8, 4) is 0 Å². The van der Waals surface area contributed by atoms with E-state index in [-0.39, 0.29) is 30.1 Å². The third-order valence-electron chi connectivity index (χ3n) is 2.94. The lowest BCUT2D eigenvalue weighted by atomic mass is 10.0. The average molecular weight is 277 g/mol. The fourth-order valence-corrected chi connectivity index (χ4v) is 4.04. The summed E-state index contributed by atoms with van der Waals surface area (Å²) in [5.74, 6) is -0.344. The second kappa shape index (κ2) is 6.52. The summed E-state index contributed by atoms with van der Waals surface area (Å²) in [6, 6.07) is 0. The van der Waals surface area contributed by atoms with Crippen molar-refractivity contribution in [2.75, 3.05) is 25.4 Å². The van der Waals surface area contributed by atoms with Crippen LogP contribution in [0.4, 0.5) is 0 Å². The van der Waals surface area contributed by atoms with Crippen molar-refractivity contribution in [2.45, 2.75) is 33.6 Å². The Morgan fingerprint density at radius 3 is 2.67 bits per heavy atom. The molecule has 1 saturated heterocycles. The van der Waals surface area contributed by atoms with E-state index in [0.29, 0.717) is 19.6 Å². The number of rotatable bonds is 5. The normalized spacial score (nSPS) is 22.1. The molecular formula is C12H23NO4S. The Kier molecular flexibility index (Phi) is 5.59. The van der Waals surface area contributed by atoms with Gasteiger partial charge in [0.25, 0.3) is 0 Å². The van der Waals surface area contributed by atoms with E-state index in [1.54, 1.807) is 6.92 Å². The van der Waals surface area contributed by atoms with Gasteiger partial charge in [0.2, 0.25) is 10.0 Å². The number of sulfonamides is 1. The molecule has 0 aromatic carbocycles. The summed E-state index contributed by atoms with van der Waals surface area (Å²) in [5.41, 5.74) is 0. The number of carbonyl (C=O) groups excluding carboxylic acids is 1. The van der Waals surface area contributed by atoms with Crippen LogP contribution in [0.2, 0.25) is 0 Å². The van der Waals surface area contributed by atoms with Crippen LogP contribution in [-0.2, 0) is 19.6 Å². The molecule has 0 saturated carbocycles. The molecule has 0 aromatic rings. The number of nitrogens with zero attached hydrogens (tertiary/aromatic N) is 1. The molecule has 0 unspecified atom stereocenters. The molecule has 0 spiro atoms. The molecule has 0 N–H and O–H groups in total. The molecule has 106 valence electrons. The van der Waals surface area contributed by atoms with Crippen LogP contribution < -0.4 is 0 Å². The Morgan fingerprint density at radius 1 is 1.44 bits per heavy atom. The average Bonchev–Trinajstić information content (AvgIpc) is 2.28. The Labute approximate surface area is 110 Å². The number of carbonyl (C=O) groups is 1. The SMILES string of the molecule is CCOC(=O)[C@@H]1CCCN(S(=O)(=O)CC(C)C)C1. The first kappa shape index (κ1) is 15.4. The van der Waals surface area contributed by atoms with Crippen molar-refractivity contribution < 1.29 is 17.9 Å². The minimum atomic E-state index is -3.24. The Morgan fingerprint density at radius 2 is 2.11 bits per heavy atom. The lowest BCUT2D eigenvalue weighted by Crippen LogP contribution is -2.44. The van der Waals surface area contributed by atoms with Crippen molar-refractivity contribution >= 4 is 16.0 Å². The highest BCUT2D eigenvalue weighted by atomic mass is 32.2. The van der Waals surface area contributed by atoms with E-state index in [1.165, 1.54) is 4.31 Å². The molecule has 0 aliphatic carbocycles. The fraction of sp³-hybridized carbons (Fsp3) is 0.917. The monoisotopic (exact) mass is 277 g/mol. The predicted octanol–water partition coefficient (Wildman–Crippen LogP) is 1.25. The molecule has 1 aliphatic rings. The van der Waals surface area contributed by atoms with Gasteiger partial charge in [-0.2, -0.15) is 0 Å². The van der Waals surface area contributed by atoms with Crippen molar-refractivity contribution in [3.63, 3.8) is 0 Å². The maximum absolute atomic E-state index is 12.1. The van der Waals surface area contributed by atoms with Gasteiger partial charge in [-0.1, -0.05) is 13.8 Å². The van der Waals surface area contributed by atoms with Crippen LogP contribution in [0.5, 0.6) is 0 Å². The first-order chi connectivity index (χ1) is 8.36. The molecule has 0 bridgehead atoms. The van der Waals surface area contributed by atoms with E-state index in [9.17, 15) is 13.2 Å². The van der Waals surface area contributed by atoms with Gasteiger partial charge in [0.1, 0.15) is 0 Å². The highest BCUT2D eigenvalue weighted by molar-refractivity contribution is 7.89. The zero-order valence-corrected chi connectivity index (χ0v) is 12.2. The van der Waals surface area contributed by atoms with Gasteiger partial charge in [0, 0.05) is 13.1 Å². The standard InChI is InChI=1S/C12H23NO4S/c1-4-17-12(14)11-6-5-7-13(8-11)18(15,16)9-10(2)3/h10-11H,4-9H2,1-3H3/t11-/m1/s1. The second-order valence-corrected chi connectivity index (χ2v) is 7.14. The third-order valence-corrected chi connectivity index (χ3v) is 5.15. The van der Waals surface area contributed by atoms with Crippen LogP contribution in [0, 0.1) is 11.8 Å². The smallest absolute Gasteiger partial charge is 0.310 e. The molecule has 1 rings (SSSR count). The Balaban J connectivity index is 2.66. The Bertz CT molecular complexity index is 378. The first-order valence-corrected chi connectivity index (χ1v) is 8.12. The fourth-order valence-electron chi connectivity index (χ4n) is 2.17. The summed E-state index contributed by atoms with van der Waals surface area (Å²) >= 11 is 0. The third kappa shape index (κ3) is 4.24. The minimum Gasteiger partial charge on any atom is -0.466 e. The summed E-state index contributed by atoms with van der Waals surface area (Å²) < 4.78 is 30.6. The van der Waals surface area contributed by atoms with Gasteiger partial charge in [0.15, 0.2) is 0 Å². The largest absolute Gasteiger partial charge is 0.466 e. The molecule has 0 radical (unpaired) electrons. The van der Waals surface area contributed by atoms with Crippen LogP contribution in [0.1, 0.15) is 33.6 Å². The van der Waals surface area contributed by atoms with E-state index >= 15 is 0 Å². The second-order valence-electron chi connectivity index (χ2n) is 5.12. The predicted molar refractivity (Wildman–Crippen MR) is 69.6 cm³/mol.